The van der Waals surface area contributed by atoms with Crippen LogP contribution in [0.2, 0.25) is 0 Å². The molecule has 0 saturated carbocycles. The third-order valence-corrected chi connectivity index (χ3v) is 7.38. The summed E-state index contributed by atoms with van der Waals surface area (Å²) in [7, 11) is 0. The molecule has 2 rings (SSSR count). The molecule has 0 aliphatic carbocycles. The monoisotopic (exact) mass is 595 g/mol. The number of hydrogen-bond donors (Lipinski definition) is 1. The molecule has 0 radical (unpaired) electrons. The SMILES string of the molecule is CCCCCCCCCCCCC(=O)CC[C@@H](OCc1ccccc1)[C@H](COCc1ccccc1)NC(=O)OC(C)(C)C. The smallest absolute Gasteiger partial charge is 0.408 e. The molecule has 240 valence electrons. The molecule has 0 unspecified atom stereocenters. The summed E-state index contributed by atoms with van der Waals surface area (Å²) in [5, 5.41) is 2.99. The Morgan fingerprint density at radius 3 is 1.81 bits per heavy atom. The predicted octanol–water partition coefficient (Wildman–Crippen LogP) is 9.34. The first-order valence-electron chi connectivity index (χ1n) is 16.5. The highest BCUT2D eigenvalue weighted by atomic mass is 16.6. The Bertz CT molecular complexity index is 989. The highest BCUT2D eigenvalue weighted by molar-refractivity contribution is 5.78. The Morgan fingerprint density at radius 1 is 0.721 bits per heavy atom. The van der Waals surface area contributed by atoms with Crippen LogP contribution in [-0.4, -0.2) is 36.2 Å². The van der Waals surface area contributed by atoms with Crippen LogP contribution >= 0.6 is 0 Å². The maximum absolute atomic E-state index is 12.9. The molecule has 1 amide bonds. The molecule has 0 spiro atoms. The topological polar surface area (TPSA) is 73.9 Å². The molecular formula is C37H57NO5. The van der Waals surface area contributed by atoms with Crippen LogP contribution in [0.25, 0.3) is 0 Å². The molecule has 2 atom stereocenters. The Hall–Kier alpha value is -2.70. The first-order chi connectivity index (χ1) is 20.8. The summed E-state index contributed by atoms with van der Waals surface area (Å²) < 4.78 is 18.0. The van der Waals surface area contributed by atoms with Crippen molar-refractivity contribution in [2.75, 3.05) is 6.61 Å². The first kappa shape index (κ1) is 36.5. The number of carbonyl (C=O) groups excluding carboxylic acids is 2. The Balaban J connectivity index is 1.93. The van der Waals surface area contributed by atoms with Crippen molar-refractivity contribution in [2.24, 2.45) is 0 Å². The lowest BCUT2D eigenvalue weighted by Crippen LogP contribution is -2.49. The van der Waals surface area contributed by atoms with E-state index >= 15 is 0 Å². The van der Waals surface area contributed by atoms with Gasteiger partial charge in [-0.05, 0) is 44.7 Å². The Kier molecular flexibility index (Phi) is 18.6. The van der Waals surface area contributed by atoms with Crippen LogP contribution in [-0.2, 0) is 32.2 Å². The zero-order valence-electron chi connectivity index (χ0n) is 27.3. The van der Waals surface area contributed by atoms with Crippen molar-refractivity contribution in [1.82, 2.24) is 5.32 Å². The summed E-state index contributed by atoms with van der Waals surface area (Å²) in [6.07, 6.45) is 13.0. The number of carbonyl (C=O) groups is 2. The van der Waals surface area contributed by atoms with E-state index in [9.17, 15) is 9.59 Å². The van der Waals surface area contributed by atoms with Crippen molar-refractivity contribution in [3.05, 3.63) is 71.8 Å². The van der Waals surface area contributed by atoms with E-state index in [1.165, 1.54) is 51.4 Å². The van der Waals surface area contributed by atoms with E-state index in [1.807, 2.05) is 81.4 Å². The summed E-state index contributed by atoms with van der Waals surface area (Å²) in [5.74, 6) is 0.245. The number of ether oxygens (including phenoxy) is 3. The van der Waals surface area contributed by atoms with Crippen LogP contribution < -0.4 is 5.32 Å². The number of ketones is 1. The molecule has 0 fully saturated rings. The van der Waals surface area contributed by atoms with Crippen molar-refractivity contribution >= 4 is 11.9 Å². The minimum absolute atomic E-state index is 0.236. The van der Waals surface area contributed by atoms with Gasteiger partial charge in [0.15, 0.2) is 0 Å². The highest BCUT2D eigenvalue weighted by Crippen LogP contribution is 2.17. The number of unbranched alkanes of at least 4 members (excludes halogenated alkanes) is 9. The molecule has 43 heavy (non-hydrogen) atoms. The molecule has 0 saturated heterocycles. The van der Waals surface area contributed by atoms with Gasteiger partial charge in [0, 0.05) is 12.8 Å². The van der Waals surface area contributed by atoms with Gasteiger partial charge in [-0.15, -0.1) is 0 Å². The molecule has 0 aliphatic rings. The molecular weight excluding hydrogens is 538 g/mol. The number of amides is 1. The molecule has 2 aromatic carbocycles. The summed E-state index contributed by atoms with van der Waals surface area (Å²) in [6.45, 7) is 8.79. The van der Waals surface area contributed by atoms with Crippen LogP contribution in [0.1, 0.15) is 122 Å². The maximum atomic E-state index is 12.9. The van der Waals surface area contributed by atoms with Gasteiger partial charge in [0.2, 0.25) is 0 Å². The van der Waals surface area contributed by atoms with E-state index in [0.717, 1.165) is 24.0 Å². The van der Waals surface area contributed by atoms with Crippen LogP contribution in [0.3, 0.4) is 0 Å². The van der Waals surface area contributed by atoms with E-state index in [-0.39, 0.29) is 12.4 Å². The van der Waals surface area contributed by atoms with E-state index < -0.39 is 23.8 Å². The lowest BCUT2D eigenvalue weighted by molar-refractivity contribution is -0.120. The van der Waals surface area contributed by atoms with Gasteiger partial charge in [-0.2, -0.15) is 0 Å². The van der Waals surface area contributed by atoms with E-state index in [0.29, 0.717) is 32.5 Å². The normalized spacial score (nSPS) is 12.9. The average molecular weight is 596 g/mol. The summed E-state index contributed by atoms with van der Waals surface area (Å²) in [5.41, 5.74) is 1.45. The van der Waals surface area contributed by atoms with Crippen molar-refractivity contribution in [1.29, 1.82) is 0 Å². The first-order valence-corrected chi connectivity index (χ1v) is 16.5. The number of Topliss-reactive ketones (excluding diaryl/α,β-unsaturated/α-hetero) is 1. The molecule has 0 aromatic heterocycles. The molecule has 0 aliphatic heterocycles. The molecule has 6 heteroatoms. The van der Waals surface area contributed by atoms with Crippen molar-refractivity contribution in [2.45, 2.75) is 142 Å². The second-order valence-electron chi connectivity index (χ2n) is 12.6. The number of hydrogen-bond acceptors (Lipinski definition) is 5. The highest BCUT2D eigenvalue weighted by Gasteiger charge is 2.28. The molecule has 6 nitrogen and oxygen atoms in total. The molecule has 0 heterocycles. The lowest BCUT2D eigenvalue weighted by atomic mass is 10.0. The van der Waals surface area contributed by atoms with E-state index in [2.05, 4.69) is 12.2 Å². The van der Waals surface area contributed by atoms with Crippen molar-refractivity contribution in [3.63, 3.8) is 0 Å². The second-order valence-corrected chi connectivity index (χ2v) is 12.6. The van der Waals surface area contributed by atoms with Crippen LogP contribution in [0, 0.1) is 0 Å². The minimum atomic E-state index is -0.634. The van der Waals surface area contributed by atoms with Gasteiger partial charge in [0.05, 0.1) is 32.0 Å². The number of alkyl carbamates (subject to hydrolysis) is 1. The van der Waals surface area contributed by atoms with Gasteiger partial charge in [0.1, 0.15) is 11.4 Å². The molecule has 0 bridgehead atoms. The van der Waals surface area contributed by atoms with Gasteiger partial charge in [-0.3, -0.25) is 4.79 Å². The molecule has 1 N–H and O–H groups in total. The standard InChI is InChI=1S/C37H57NO5/c1-5-6-7-8-9-10-11-12-13-20-25-33(39)26-27-35(42-29-32-23-18-15-19-24-32)34(38-36(40)43-37(2,3)4)30-41-28-31-21-16-14-17-22-31/h14-19,21-24,34-35H,5-13,20,25-30H2,1-4H3,(H,38,40)/t34-,35+/m0/s1. The zero-order valence-corrected chi connectivity index (χ0v) is 27.3. The van der Waals surface area contributed by atoms with Gasteiger partial charge >= 0.3 is 6.09 Å². The van der Waals surface area contributed by atoms with Gasteiger partial charge < -0.3 is 19.5 Å². The maximum Gasteiger partial charge on any atom is 0.408 e. The van der Waals surface area contributed by atoms with Crippen molar-refractivity contribution in [3.8, 4) is 0 Å². The fourth-order valence-corrected chi connectivity index (χ4v) is 4.99. The largest absolute Gasteiger partial charge is 0.444 e. The number of nitrogens with one attached hydrogen (secondary N) is 1. The van der Waals surface area contributed by atoms with Crippen molar-refractivity contribution < 1.29 is 23.8 Å². The van der Waals surface area contributed by atoms with E-state index in [1.54, 1.807) is 0 Å². The third kappa shape index (κ3) is 18.5. The second kappa shape index (κ2) is 21.9. The molecule has 2 aromatic rings. The fraction of sp³-hybridized carbons (Fsp3) is 0.622. The zero-order chi connectivity index (χ0) is 31.2. The van der Waals surface area contributed by atoms with Crippen LogP contribution in [0.4, 0.5) is 4.79 Å². The van der Waals surface area contributed by atoms with Gasteiger partial charge in [-0.1, -0.05) is 125 Å². The lowest BCUT2D eigenvalue weighted by Gasteiger charge is -2.29. The third-order valence-electron chi connectivity index (χ3n) is 7.38. The van der Waals surface area contributed by atoms with Gasteiger partial charge in [0.25, 0.3) is 0 Å². The summed E-state index contributed by atoms with van der Waals surface area (Å²) in [4.78, 5) is 25.7. The predicted molar refractivity (Wildman–Crippen MR) is 175 cm³/mol. The van der Waals surface area contributed by atoms with Crippen LogP contribution in [0.5, 0.6) is 0 Å². The van der Waals surface area contributed by atoms with E-state index in [4.69, 9.17) is 14.2 Å². The van der Waals surface area contributed by atoms with Gasteiger partial charge in [-0.25, -0.2) is 4.79 Å². The number of rotatable bonds is 23. The number of benzene rings is 2. The average Bonchev–Trinajstić information content (AvgIpc) is 2.98. The Labute approximate surface area is 261 Å². The Morgan fingerprint density at radius 2 is 1.26 bits per heavy atom. The summed E-state index contributed by atoms with van der Waals surface area (Å²) >= 11 is 0. The minimum Gasteiger partial charge on any atom is -0.444 e. The quantitative estimate of drug-likeness (QED) is 0.130. The van der Waals surface area contributed by atoms with Crippen LogP contribution in [0.15, 0.2) is 60.7 Å². The fourth-order valence-electron chi connectivity index (χ4n) is 4.99. The summed E-state index contributed by atoms with van der Waals surface area (Å²) in [6, 6.07) is 19.4.